The van der Waals surface area contributed by atoms with E-state index in [0.717, 1.165) is 18.4 Å². The molecule has 1 N–H and O–H groups in total. The van der Waals surface area contributed by atoms with Crippen LogP contribution >= 0.6 is 0 Å². The highest BCUT2D eigenvalue weighted by Gasteiger charge is 2.18. The van der Waals surface area contributed by atoms with Gasteiger partial charge in [-0.3, -0.25) is 0 Å². The summed E-state index contributed by atoms with van der Waals surface area (Å²) in [5.41, 5.74) is 0. The minimum atomic E-state index is 0.776. The normalized spacial score (nSPS) is 26.0. The van der Waals surface area contributed by atoms with E-state index in [1.807, 2.05) is 0 Å². The molecule has 0 spiro atoms. The van der Waals surface area contributed by atoms with Crippen LogP contribution in [0.15, 0.2) is 0 Å². The molecule has 1 fully saturated rings. The SMILES string of the molecule is C#CCCCC1CCCCC(NCCC)C1. The second-order valence-electron chi connectivity index (χ2n) is 5.13. The number of nitrogens with one attached hydrogen (secondary N) is 1. The zero-order chi connectivity index (χ0) is 11.6. The van der Waals surface area contributed by atoms with Gasteiger partial charge in [0.15, 0.2) is 0 Å². The van der Waals surface area contributed by atoms with E-state index >= 15 is 0 Å². The van der Waals surface area contributed by atoms with Gasteiger partial charge in [0.25, 0.3) is 0 Å². The Morgan fingerprint density at radius 3 is 2.88 bits per heavy atom. The van der Waals surface area contributed by atoms with Crippen LogP contribution in [-0.4, -0.2) is 12.6 Å². The van der Waals surface area contributed by atoms with Crippen molar-refractivity contribution >= 4 is 0 Å². The Bertz CT molecular complexity index is 204. The summed E-state index contributed by atoms with van der Waals surface area (Å²) in [4.78, 5) is 0. The fraction of sp³-hybridized carbons (Fsp3) is 0.867. The fourth-order valence-electron chi connectivity index (χ4n) is 2.75. The van der Waals surface area contributed by atoms with Gasteiger partial charge in [0.05, 0.1) is 0 Å². The van der Waals surface area contributed by atoms with Crippen molar-refractivity contribution in [3.63, 3.8) is 0 Å². The van der Waals surface area contributed by atoms with E-state index in [1.54, 1.807) is 0 Å². The number of hydrogen-bond donors (Lipinski definition) is 1. The summed E-state index contributed by atoms with van der Waals surface area (Å²) in [5, 5.41) is 3.69. The van der Waals surface area contributed by atoms with Gasteiger partial charge < -0.3 is 5.32 Å². The monoisotopic (exact) mass is 221 g/mol. The lowest BCUT2D eigenvalue weighted by molar-refractivity contribution is 0.363. The van der Waals surface area contributed by atoms with Gasteiger partial charge in [0.2, 0.25) is 0 Å². The number of terminal acetylenes is 1. The Kier molecular flexibility index (Phi) is 7.34. The lowest BCUT2D eigenvalue weighted by atomic mass is 9.92. The minimum absolute atomic E-state index is 0.776. The molecule has 0 aromatic rings. The van der Waals surface area contributed by atoms with Crippen LogP contribution in [0.4, 0.5) is 0 Å². The molecule has 16 heavy (non-hydrogen) atoms. The van der Waals surface area contributed by atoms with Gasteiger partial charge in [-0.25, -0.2) is 0 Å². The molecular weight excluding hydrogens is 194 g/mol. The van der Waals surface area contributed by atoms with Crippen molar-refractivity contribution in [1.82, 2.24) is 5.32 Å². The van der Waals surface area contributed by atoms with E-state index in [2.05, 4.69) is 18.2 Å². The second kappa shape index (κ2) is 8.65. The number of unbranched alkanes of at least 4 members (excludes halogenated alkanes) is 1. The van der Waals surface area contributed by atoms with Crippen LogP contribution < -0.4 is 5.32 Å². The van der Waals surface area contributed by atoms with Crippen molar-refractivity contribution in [2.45, 2.75) is 70.8 Å². The summed E-state index contributed by atoms with van der Waals surface area (Å²) >= 11 is 0. The Morgan fingerprint density at radius 2 is 2.12 bits per heavy atom. The maximum atomic E-state index is 5.31. The first-order valence-corrected chi connectivity index (χ1v) is 7.03. The number of hydrogen-bond acceptors (Lipinski definition) is 1. The maximum Gasteiger partial charge on any atom is 0.00861 e. The second-order valence-corrected chi connectivity index (χ2v) is 5.13. The topological polar surface area (TPSA) is 12.0 Å². The molecule has 0 amide bonds. The molecule has 1 heteroatoms. The van der Waals surface area contributed by atoms with E-state index in [4.69, 9.17) is 6.42 Å². The first-order valence-electron chi connectivity index (χ1n) is 7.03. The quantitative estimate of drug-likeness (QED) is 0.409. The van der Waals surface area contributed by atoms with Crippen LogP contribution in [0.2, 0.25) is 0 Å². The minimum Gasteiger partial charge on any atom is -0.314 e. The molecule has 0 aromatic carbocycles. The van der Waals surface area contributed by atoms with Crippen molar-refractivity contribution in [1.29, 1.82) is 0 Å². The lowest BCUT2D eigenvalue weighted by Gasteiger charge is -2.20. The van der Waals surface area contributed by atoms with Crippen molar-refractivity contribution in [3.05, 3.63) is 0 Å². The number of rotatable bonds is 6. The molecule has 0 bridgehead atoms. The highest BCUT2D eigenvalue weighted by atomic mass is 14.9. The Morgan fingerprint density at radius 1 is 1.31 bits per heavy atom. The average molecular weight is 221 g/mol. The predicted octanol–water partition coefficient (Wildman–Crippen LogP) is 3.74. The fourth-order valence-corrected chi connectivity index (χ4v) is 2.75. The standard InChI is InChI=1S/C15H27N/c1-3-5-6-9-14-10-7-8-11-15(13-14)16-12-4-2/h1,14-16H,4-13H2,2H3. The van der Waals surface area contributed by atoms with Crippen molar-refractivity contribution < 1.29 is 0 Å². The van der Waals surface area contributed by atoms with Gasteiger partial charge in [-0.2, -0.15) is 0 Å². The van der Waals surface area contributed by atoms with Crippen LogP contribution in [-0.2, 0) is 0 Å². The molecule has 0 aromatic heterocycles. The Hall–Kier alpha value is -0.480. The summed E-state index contributed by atoms with van der Waals surface area (Å²) in [7, 11) is 0. The van der Waals surface area contributed by atoms with E-state index in [1.165, 1.54) is 57.9 Å². The van der Waals surface area contributed by atoms with Crippen molar-refractivity contribution in [2.24, 2.45) is 5.92 Å². The van der Waals surface area contributed by atoms with E-state index in [9.17, 15) is 0 Å². The van der Waals surface area contributed by atoms with E-state index in [-0.39, 0.29) is 0 Å². The zero-order valence-corrected chi connectivity index (χ0v) is 10.8. The molecule has 2 atom stereocenters. The van der Waals surface area contributed by atoms with Crippen LogP contribution in [0, 0.1) is 18.3 Å². The molecule has 1 aliphatic carbocycles. The zero-order valence-electron chi connectivity index (χ0n) is 10.8. The van der Waals surface area contributed by atoms with E-state index in [0.29, 0.717) is 0 Å². The molecule has 92 valence electrons. The van der Waals surface area contributed by atoms with E-state index < -0.39 is 0 Å². The molecule has 1 aliphatic rings. The van der Waals surface area contributed by atoms with Crippen molar-refractivity contribution in [2.75, 3.05) is 6.54 Å². The summed E-state index contributed by atoms with van der Waals surface area (Å²) in [6, 6.07) is 0.776. The summed E-state index contributed by atoms with van der Waals surface area (Å²) in [5.74, 6) is 3.67. The predicted molar refractivity (Wildman–Crippen MR) is 71.3 cm³/mol. The summed E-state index contributed by atoms with van der Waals surface area (Å²) < 4.78 is 0. The molecule has 1 saturated carbocycles. The van der Waals surface area contributed by atoms with Crippen molar-refractivity contribution in [3.8, 4) is 12.3 Å². The van der Waals surface area contributed by atoms with Gasteiger partial charge in [-0.1, -0.05) is 26.2 Å². The highest BCUT2D eigenvalue weighted by Crippen LogP contribution is 2.27. The van der Waals surface area contributed by atoms with Gasteiger partial charge in [0.1, 0.15) is 0 Å². The van der Waals surface area contributed by atoms with Gasteiger partial charge in [0, 0.05) is 12.5 Å². The van der Waals surface area contributed by atoms with Crippen LogP contribution in [0.5, 0.6) is 0 Å². The van der Waals surface area contributed by atoms with Crippen LogP contribution in [0.25, 0.3) is 0 Å². The average Bonchev–Trinajstić information content (AvgIpc) is 2.52. The Balaban J connectivity index is 2.25. The van der Waals surface area contributed by atoms with Gasteiger partial charge in [-0.15, -0.1) is 12.3 Å². The lowest BCUT2D eigenvalue weighted by Crippen LogP contribution is -2.30. The smallest absolute Gasteiger partial charge is 0.00861 e. The third-order valence-electron chi connectivity index (χ3n) is 3.65. The van der Waals surface area contributed by atoms with Crippen LogP contribution in [0.3, 0.4) is 0 Å². The third-order valence-corrected chi connectivity index (χ3v) is 3.65. The highest BCUT2D eigenvalue weighted by molar-refractivity contribution is 4.84. The largest absolute Gasteiger partial charge is 0.314 e. The summed E-state index contributed by atoms with van der Waals surface area (Å²) in [6.07, 6.45) is 17.1. The molecule has 0 heterocycles. The van der Waals surface area contributed by atoms with Crippen LogP contribution in [0.1, 0.15) is 64.7 Å². The Labute approximate surface area is 101 Å². The molecule has 0 radical (unpaired) electrons. The van der Waals surface area contributed by atoms with Gasteiger partial charge in [-0.05, 0) is 44.6 Å². The molecule has 2 unspecified atom stereocenters. The van der Waals surface area contributed by atoms with Gasteiger partial charge >= 0.3 is 0 Å². The molecule has 0 aliphatic heterocycles. The first kappa shape index (κ1) is 13.6. The third kappa shape index (κ3) is 5.56. The maximum absolute atomic E-state index is 5.31. The first-order chi connectivity index (χ1) is 7.86. The molecule has 0 saturated heterocycles. The molecular formula is C15H27N. The molecule has 1 rings (SSSR count). The summed E-state index contributed by atoms with van der Waals surface area (Å²) in [6.45, 7) is 3.43. The molecule has 1 nitrogen and oxygen atoms in total.